The summed E-state index contributed by atoms with van der Waals surface area (Å²) in [6.45, 7) is 1.97. The molecule has 0 radical (unpaired) electrons. The lowest BCUT2D eigenvalue weighted by atomic mass is 9.98. The Kier molecular flexibility index (Phi) is 5.42. The average molecular weight is 267 g/mol. The molecule has 1 saturated carbocycles. The third-order valence-electron chi connectivity index (χ3n) is 3.36. The molecule has 5 nitrogen and oxygen atoms in total. The molecule has 0 aliphatic heterocycles. The number of carboxylic acids is 1. The minimum Gasteiger partial charge on any atom is -0.475 e. The van der Waals surface area contributed by atoms with Crippen molar-refractivity contribution in [1.29, 1.82) is 0 Å². The Morgan fingerprint density at radius 1 is 1.37 bits per heavy atom. The highest BCUT2D eigenvalue weighted by atomic mass is 16.5. The number of rotatable bonds is 7. The zero-order valence-corrected chi connectivity index (χ0v) is 11.1. The summed E-state index contributed by atoms with van der Waals surface area (Å²) < 4.78 is 10.9. The molecular weight excluding hydrogens is 246 g/mol. The summed E-state index contributed by atoms with van der Waals surface area (Å²) in [7, 11) is 0. The standard InChI is InChI=1S/C14H21NO4/c16-14(17)13-7-6-12(19-13)10-15-8-9-18-11-4-2-1-3-5-11/h6-7,11,15H,1-5,8-10H2,(H,16,17). The maximum atomic E-state index is 10.6. The zero-order valence-electron chi connectivity index (χ0n) is 11.1. The first-order valence-corrected chi connectivity index (χ1v) is 6.90. The summed E-state index contributed by atoms with van der Waals surface area (Å²) in [5, 5.41) is 11.9. The number of furan rings is 1. The summed E-state index contributed by atoms with van der Waals surface area (Å²) in [5.41, 5.74) is 0. The van der Waals surface area contributed by atoms with Crippen LogP contribution in [0.5, 0.6) is 0 Å². The molecule has 0 amide bonds. The van der Waals surface area contributed by atoms with Crippen LogP contribution in [0, 0.1) is 0 Å². The molecule has 1 fully saturated rings. The van der Waals surface area contributed by atoms with Gasteiger partial charge in [0.05, 0.1) is 19.3 Å². The lowest BCUT2D eigenvalue weighted by Gasteiger charge is -2.21. The van der Waals surface area contributed by atoms with Crippen LogP contribution in [0.2, 0.25) is 0 Å². The van der Waals surface area contributed by atoms with E-state index in [9.17, 15) is 4.79 Å². The fourth-order valence-corrected chi connectivity index (χ4v) is 2.33. The second-order valence-corrected chi connectivity index (χ2v) is 4.88. The summed E-state index contributed by atoms with van der Waals surface area (Å²) in [4.78, 5) is 10.6. The molecule has 19 heavy (non-hydrogen) atoms. The van der Waals surface area contributed by atoms with E-state index in [0.717, 1.165) is 6.54 Å². The van der Waals surface area contributed by atoms with Gasteiger partial charge in [-0.25, -0.2) is 4.79 Å². The van der Waals surface area contributed by atoms with Crippen LogP contribution >= 0.6 is 0 Å². The van der Waals surface area contributed by atoms with Gasteiger partial charge in [0.2, 0.25) is 5.76 Å². The predicted molar refractivity (Wildman–Crippen MR) is 70.2 cm³/mol. The van der Waals surface area contributed by atoms with Crippen LogP contribution < -0.4 is 5.32 Å². The molecule has 1 heterocycles. The second kappa shape index (κ2) is 7.31. The summed E-state index contributed by atoms with van der Waals surface area (Å²) in [6.07, 6.45) is 6.69. The Morgan fingerprint density at radius 3 is 2.84 bits per heavy atom. The molecule has 0 spiro atoms. The number of carboxylic acid groups (broad SMARTS) is 1. The van der Waals surface area contributed by atoms with Crippen LogP contribution in [-0.4, -0.2) is 30.3 Å². The molecule has 1 aromatic rings. The Balaban J connectivity index is 1.57. The van der Waals surface area contributed by atoms with Gasteiger partial charge in [-0.2, -0.15) is 0 Å². The van der Waals surface area contributed by atoms with E-state index in [2.05, 4.69) is 5.32 Å². The molecule has 1 aromatic heterocycles. The zero-order chi connectivity index (χ0) is 13.5. The van der Waals surface area contributed by atoms with E-state index >= 15 is 0 Å². The Bertz CT molecular complexity index is 396. The van der Waals surface area contributed by atoms with E-state index in [1.54, 1.807) is 6.07 Å². The van der Waals surface area contributed by atoms with Gasteiger partial charge >= 0.3 is 5.97 Å². The van der Waals surface area contributed by atoms with Crippen molar-refractivity contribution < 1.29 is 19.1 Å². The predicted octanol–water partition coefficient (Wildman–Crippen LogP) is 2.42. The fraction of sp³-hybridized carbons (Fsp3) is 0.643. The summed E-state index contributed by atoms with van der Waals surface area (Å²) in [6, 6.07) is 3.15. The van der Waals surface area contributed by atoms with Gasteiger partial charge in [0.25, 0.3) is 0 Å². The highest BCUT2D eigenvalue weighted by Gasteiger charge is 2.13. The minimum atomic E-state index is -1.04. The largest absolute Gasteiger partial charge is 0.475 e. The lowest BCUT2D eigenvalue weighted by molar-refractivity contribution is 0.0300. The molecule has 0 unspecified atom stereocenters. The quantitative estimate of drug-likeness (QED) is 0.742. The first-order valence-electron chi connectivity index (χ1n) is 6.90. The van der Waals surface area contributed by atoms with Crippen LogP contribution in [0.25, 0.3) is 0 Å². The number of carbonyl (C=O) groups is 1. The highest BCUT2D eigenvalue weighted by Crippen LogP contribution is 2.19. The summed E-state index contributed by atoms with van der Waals surface area (Å²) >= 11 is 0. The van der Waals surface area contributed by atoms with Crippen LogP contribution in [0.15, 0.2) is 16.5 Å². The normalized spacial score (nSPS) is 16.6. The number of hydrogen-bond donors (Lipinski definition) is 2. The molecule has 0 bridgehead atoms. The first-order chi connectivity index (χ1) is 9.25. The minimum absolute atomic E-state index is 0.0183. The van der Waals surface area contributed by atoms with Gasteiger partial charge in [0.1, 0.15) is 5.76 Å². The van der Waals surface area contributed by atoms with E-state index in [-0.39, 0.29) is 5.76 Å². The maximum Gasteiger partial charge on any atom is 0.371 e. The average Bonchev–Trinajstić information content (AvgIpc) is 2.89. The molecule has 2 rings (SSSR count). The molecule has 1 aliphatic rings. The van der Waals surface area contributed by atoms with Crippen LogP contribution in [0.1, 0.15) is 48.4 Å². The molecule has 0 saturated heterocycles. The Labute approximate surface area is 112 Å². The van der Waals surface area contributed by atoms with Gasteiger partial charge < -0.3 is 19.6 Å². The number of ether oxygens (including phenoxy) is 1. The van der Waals surface area contributed by atoms with E-state index < -0.39 is 5.97 Å². The van der Waals surface area contributed by atoms with Gasteiger partial charge in [-0.1, -0.05) is 19.3 Å². The molecule has 5 heteroatoms. The van der Waals surface area contributed by atoms with Gasteiger partial charge in [0, 0.05) is 6.54 Å². The smallest absolute Gasteiger partial charge is 0.371 e. The molecule has 106 valence electrons. The van der Waals surface area contributed by atoms with Crippen LogP contribution in [-0.2, 0) is 11.3 Å². The topological polar surface area (TPSA) is 71.7 Å². The monoisotopic (exact) mass is 267 g/mol. The molecule has 2 N–H and O–H groups in total. The van der Waals surface area contributed by atoms with Gasteiger partial charge in [0.15, 0.2) is 0 Å². The van der Waals surface area contributed by atoms with Crippen LogP contribution in [0.4, 0.5) is 0 Å². The van der Waals surface area contributed by atoms with E-state index in [1.807, 2.05) is 0 Å². The first kappa shape index (κ1) is 14.1. The highest BCUT2D eigenvalue weighted by molar-refractivity contribution is 5.84. The third kappa shape index (κ3) is 4.69. The van der Waals surface area contributed by atoms with E-state index in [4.69, 9.17) is 14.3 Å². The maximum absolute atomic E-state index is 10.6. The number of aromatic carboxylic acids is 1. The summed E-state index contributed by atoms with van der Waals surface area (Å²) in [5.74, 6) is -0.419. The number of nitrogens with one attached hydrogen (secondary N) is 1. The molecule has 0 aromatic carbocycles. The number of hydrogen-bond acceptors (Lipinski definition) is 4. The molecule has 1 aliphatic carbocycles. The van der Waals surface area contributed by atoms with Crippen molar-refractivity contribution in [1.82, 2.24) is 5.32 Å². The van der Waals surface area contributed by atoms with Crippen molar-refractivity contribution >= 4 is 5.97 Å². The van der Waals surface area contributed by atoms with Crippen molar-refractivity contribution in [3.8, 4) is 0 Å². The van der Waals surface area contributed by atoms with Crippen molar-refractivity contribution in [2.75, 3.05) is 13.2 Å². The van der Waals surface area contributed by atoms with Crippen molar-refractivity contribution in [2.24, 2.45) is 0 Å². The SMILES string of the molecule is O=C(O)c1ccc(CNCCOC2CCCCC2)o1. The molecular formula is C14H21NO4. The Morgan fingerprint density at radius 2 is 2.16 bits per heavy atom. The van der Waals surface area contributed by atoms with E-state index in [1.165, 1.54) is 38.2 Å². The Hall–Kier alpha value is -1.33. The molecule has 0 atom stereocenters. The third-order valence-corrected chi connectivity index (χ3v) is 3.36. The van der Waals surface area contributed by atoms with Gasteiger partial charge in [-0.05, 0) is 25.0 Å². The van der Waals surface area contributed by atoms with E-state index in [0.29, 0.717) is 25.0 Å². The lowest BCUT2D eigenvalue weighted by Crippen LogP contribution is -2.24. The van der Waals surface area contributed by atoms with Gasteiger partial charge in [-0.15, -0.1) is 0 Å². The fourth-order valence-electron chi connectivity index (χ4n) is 2.33. The van der Waals surface area contributed by atoms with Crippen molar-refractivity contribution in [3.63, 3.8) is 0 Å². The van der Waals surface area contributed by atoms with Crippen molar-refractivity contribution in [2.45, 2.75) is 44.8 Å². The second-order valence-electron chi connectivity index (χ2n) is 4.88. The van der Waals surface area contributed by atoms with Crippen molar-refractivity contribution in [3.05, 3.63) is 23.7 Å². The van der Waals surface area contributed by atoms with Crippen LogP contribution in [0.3, 0.4) is 0 Å². The van der Waals surface area contributed by atoms with Gasteiger partial charge in [-0.3, -0.25) is 0 Å².